The Morgan fingerprint density at radius 2 is 1.36 bits per heavy atom. The molecule has 2 aromatic carbocycles. The molecule has 0 saturated carbocycles. The summed E-state index contributed by atoms with van der Waals surface area (Å²) in [5.74, 6) is 0.919. The fourth-order valence-electron chi connectivity index (χ4n) is 1.76. The minimum absolute atomic E-state index is 0.0354. The summed E-state index contributed by atoms with van der Waals surface area (Å²) in [5.41, 5.74) is 0.298. The van der Waals surface area contributed by atoms with Gasteiger partial charge < -0.3 is 9.47 Å². The molecule has 5 nitrogen and oxygen atoms in total. The standard InChI is InChI=1S/C14H13Cl2NO4S/c1-20-12-6-11(7-13(8-12)21-2)17-22(18,19)14-4-9(15)3-10(16)5-14/h3-8,17H,1-2H3. The Balaban J connectivity index is 2.40. The van der Waals surface area contributed by atoms with Crippen molar-refractivity contribution in [3.05, 3.63) is 46.4 Å². The van der Waals surface area contributed by atoms with Gasteiger partial charge in [-0.2, -0.15) is 0 Å². The van der Waals surface area contributed by atoms with Crippen LogP contribution in [0.3, 0.4) is 0 Å². The van der Waals surface area contributed by atoms with E-state index < -0.39 is 10.0 Å². The number of halogens is 2. The summed E-state index contributed by atoms with van der Waals surface area (Å²) < 4.78 is 37.4. The normalized spacial score (nSPS) is 11.1. The largest absolute Gasteiger partial charge is 0.497 e. The number of hydrogen-bond acceptors (Lipinski definition) is 4. The van der Waals surface area contributed by atoms with E-state index in [0.29, 0.717) is 17.2 Å². The molecule has 2 rings (SSSR count). The van der Waals surface area contributed by atoms with E-state index in [1.54, 1.807) is 6.07 Å². The second-order valence-corrected chi connectivity index (χ2v) is 6.87. The molecule has 0 aliphatic rings. The highest BCUT2D eigenvalue weighted by atomic mass is 35.5. The minimum Gasteiger partial charge on any atom is -0.497 e. The number of nitrogens with one attached hydrogen (secondary N) is 1. The summed E-state index contributed by atoms with van der Waals surface area (Å²) in [5, 5.41) is 0.465. The predicted molar refractivity (Wildman–Crippen MR) is 86.8 cm³/mol. The van der Waals surface area contributed by atoms with E-state index in [-0.39, 0.29) is 14.9 Å². The average molecular weight is 362 g/mol. The van der Waals surface area contributed by atoms with E-state index in [2.05, 4.69) is 4.72 Å². The van der Waals surface area contributed by atoms with Crippen LogP contribution in [0.25, 0.3) is 0 Å². The van der Waals surface area contributed by atoms with Gasteiger partial charge in [-0.25, -0.2) is 8.42 Å². The van der Waals surface area contributed by atoms with Crippen molar-refractivity contribution in [2.24, 2.45) is 0 Å². The van der Waals surface area contributed by atoms with Crippen LogP contribution in [-0.2, 0) is 10.0 Å². The van der Waals surface area contributed by atoms with Gasteiger partial charge in [-0.05, 0) is 18.2 Å². The number of rotatable bonds is 5. The topological polar surface area (TPSA) is 64.6 Å². The summed E-state index contributed by atoms with van der Waals surface area (Å²) in [6.45, 7) is 0. The zero-order valence-corrected chi connectivity index (χ0v) is 14.1. The molecule has 1 N–H and O–H groups in total. The van der Waals surface area contributed by atoms with Gasteiger partial charge in [0.15, 0.2) is 0 Å². The van der Waals surface area contributed by atoms with Crippen molar-refractivity contribution in [1.29, 1.82) is 0 Å². The monoisotopic (exact) mass is 361 g/mol. The van der Waals surface area contributed by atoms with E-state index in [0.717, 1.165) is 0 Å². The average Bonchev–Trinajstić information content (AvgIpc) is 2.45. The molecule has 0 radical (unpaired) electrons. The van der Waals surface area contributed by atoms with E-state index in [1.807, 2.05) is 0 Å². The van der Waals surface area contributed by atoms with Crippen molar-refractivity contribution >= 4 is 38.9 Å². The summed E-state index contributed by atoms with van der Waals surface area (Å²) >= 11 is 11.7. The third-order valence-electron chi connectivity index (χ3n) is 2.75. The lowest BCUT2D eigenvalue weighted by Gasteiger charge is -2.12. The molecule has 0 heterocycles. The zero-order valence-electron chi connectivity index (χ0n) is 11.8. The molecule has 0 unspecified atom stereocenters. The smallest absolute Gasteiger partial charge is 0.262 e. The molecule has 0 spiro atoms. The van der Waals surface area contributed by atoms with Crippen molar-refractivity contribution < 1.29 is 17.9 Å². The SMILES string of the molecule is COc1cc(NS(=O)(=O)c2cc(Cl)cc(Cl)c2)cc(OC)c1. The molecule has 0 amide bonds. The lowest BCUT2D eigenvalue weighted by Crippen LogP contribution is -2.13. The Labute approximate surface area is 138 Å². The van der Waals surface area contributed by atoms with E-state index >= 15 is 0 Å². The Morgan fingerprint density at radius 3 is 1.82 bits per heavy atom. The van der Waals surface area contributed by atoms with Crippen LogP contribution in [0.4, 0.5) is 5.69 Å². The van der Waals surface area contributed by atoms with Crippen LogP contribution in [0.15, 0.2) is 41.3 Å². The first-order chi connectivity index (χ1) is 10.3. The second kappa shape index (κ2) is 6.64. The Hall–Kier alpha value is -1.63. The van der Waals surface area contributed by atoms with E-state index in [1.165, 1.54) is 44.6 Å². The van der Waals surface area contributed by atoms with Crippen LogP contribution in [0.2, 0.25) is 10.0 Å². The molecule has 118 valence electrons. The molecular formula is C14H13Cl2NO4S. The number of hydrogen-bond donors (Lipinski definition) is 1. The number of methoxy groups -OCH3 is 2. The molecule has 0 aliphatic heterocycles. The van der Waals surface area contributed by atoms with Gasteiger partial charge in [0.2, 0.25) is 0 Å². The molecule has 0 atom stereocenters. The van der Waals surface area contributed by atoms with Crippen LogP contribution in [0.1, 0.15) is 0 Å². The number of ether oxygens (including phenoxy) is 2. The lowest BCUT2D eigenvalue weighted by atomic mass is 10.3. The molecule has 0 aliphatic carbocycles. The van der Waals surface area contributed by atoms with Crippen LogP contribution in [-0.4, -0.2) is 22.6 Å². The molecular weight excluding hydrogens is 349 g/mol. The second-order valence-electron chi connectivity index (χ2n) is 4.31. The van der Waals surface area contributed by atoms with Crippen molar-refractivity contribution in [2.45, 2.75) is 4.90 Å². The van der Waals surface area contributed by atoms with Gasteiger partial charge in [0.25, 0.3) is 10.0 Å². The maximum atomic E-state index is 12.4. The first-order valence-electron chi connectivity index (χ1n) is 6.06. The van der Waals surface area contributed by atoms with Gasteiger partial charge in [-0.1, -0.05) is 23.2 Å². The molecule has 0 saturated heterocycles. The predicted octanol–water partition coefficient (Wildman–Crippen LogP) is 3.81. The highest BCUT2D eigenvalue weighted by Gasteiger charge is 2.17. The highest BCUT2D eigenvalue weighted by molar-refractivity contribution is 7.92. The Kier molecular flexibility index (Phi) is 5.05. The minimum atomic E-state index is -3.84. The molecule has 8 heteroatoms. The third-order valence-corrected chi connectivity index (χ3v) is 4.55. The quantitative estimate of drug-likeness (QED) is 0.879. The fraction of sp³-hybridized carbons (Fsp3) is 0.143. The molecule has 22 heavy (non-hydrogen) atoms. The van der Waals surface area contributed by atoms with Gasteiger partial charge in [0.05, 0.1) is 24.8 Å². The van der Waals surface area contributed by atoms with Crippen LogP contribution < -0.4 is 14.2 Å². The maximum absolute atomic E-state index is 12.4. The summed E-state index contributed by atoms with van der Waals surface area (Å²) in [6.07, 6.45) is 0. The first-order valence-corrected chi connectivity index (χ1v) is 8.30. The first kappa shape index (κ1) is 16.7. The Bertz CT molecular complexity index is 751. The third kappa shape index (κ3) is 3.97. The number of sulfonamides is 1. The highest BCUT2D eigenvalue weighted by Crippen LogP contribution is 2.29. The molecule has 0 fully saturated rings. The van der Waals surface area contributed by atoms with E-state index in [4.69, 9.17) is 32.7 Å². The van der Waals surface area contributed by atoms with Crippen LogP contribution in [0, 0.1) is 0 Å². The van der Waals surface area contributed by atoms with Gasteiger partial charge in [-0.15, -0.1) is 0 Å². The van der Waals surface area contributed by atoms with Crippen LogP contribution in [0.5, 0.6) is 11.5 Å². The van der Waals surface area contributed by atoms with Gasteiger partial charge in [0, 0.05) is 28.2 Å². The lowest BCUT2D eigenvalue weighted by molar-refractivity contribution is 0.395. The van der Waals surface area contributed by atoms with Crippen LogP contribution >= 0.6 is 23.2 Å². The van der Waals surface area contributed by atoms with Crippen molar-refractivity contribution in [3.63, 3.8) is 0 Å². The summed E-state index contributed by atoms with van der Waals surface area (Å²) in [4.78, 5) is -0.0354. The van der Waals surface area contributed by atoms with Gasteiger partial charge in [-0.3, -0.25) is 4.72 Å². The van der Waals surface area contributed by atoms with Crippen molar-refractivity contribution in [1.82, 2.24) is 0 Å². The Morgan fingerprint density at radius 1 is 0.864 bits per heavy atom. The maximum Gasteiger partial charge on any atom is 0.262 e. The number of benzene rings is 2. The zero-order chi connectivity index (χ0) is 16.3. The van der Waals surface area contributed by atoms with Crippen molar-refractivity contribution in [3.8, 4) is 11.5 Å². The number of anilines is 1. The van der Waals surface area contributed by atoms with Gasteiger partial charge in [0.1, 0.15) is 11.5 Å². The fourth-order valence-corrected chi connectivity index (χ4v) is 3.53. The summed E-state index contributed by atoms with van der Waals surface area (Å²) in [6, 6.07) is 8.78. The molecule has 0 bridgehead atoms. The van der Waals surface area contributed by atoms with Gasteiger partial charge >= 0.3 is 0 Å². The summed E-state index contributed by atoms with van der Waals surface area (Å²) in [7, 11) is -0.886. The molecule has 2 aromatic rings. The van der Waals surface area contributed by atoms with E-state index in [9.17, 15) is 8.42 Å². The van der Waals surface area contributed by atoms with Crippen molar-refractivity contribution in [2.75, 3.05) is 18.9 Å². The molecule has 0 aromatic heterocycles.